The first-order valence-electron chi connectivity index (χ1n) is 5.60. The van der Waals surface area contributed by atoms with Crippen molar-refractivity contribution in [3.63, 3.8) is 0 Å². The van der Waals surface area contributed by atoms with Crippen LogP contribution in [0.15, 0.2) is 12.4 Å². The first-order chi connectivity index (χ1) is 8.24. The van der Waals surface area contributed by atoms with E-state index in [1.54, 1.807) is 12.4 Å². The van der Waals surface area contributed by atoms with Gasteiger partial charge in [-0.2, -0.15) is 0 Å². The number of nitrogens with zero attached hydrogens (tertiary/aromatic N) is 3. The van der Waals surface area contributed by atoms with Crippen molar-refractivity contribution in [3.8, 4) is 0 Å². The van der Waals surface area contributed by atoms with Crippen LogP contribution in [-0.4, -0.2) is 32.7 Å². The van der Waals surface area contributed by atoms with Crippen LogP contribution >= 0.6 is 0 Å². The summed E-state index contributed by atoms with van der Waals surface area (Å²) in [6.07, 6.45) is 4.31. The van der Waals surface area contributed by atoms with Gasteiger partial charge in [0.1, 0.15) is 0 Å². The molecule has 6 nitrogen and oxygen atoms in total. The minimum absolute atomic E-state index is 0.181. The third kappa shape index (κ3) is 1.80. The first-order valence-corrected chi connectivity index (χ1v) is 5.60. The zero-order valence-electron chi connectivity index (χ0n) is 9.22. The summed E-state index contributed by atoms with van der Waals surface area (Å²) in [6.45, 7) is 1.27. The van der Waals surface area contributed by atoms with Crippen molar-refractivity contribution in [3.05, 3.63) is 23.8 Å². The molecule has 0 radical (unpaired) electrons. The highest BCUT2D eigenvalue weighted by Crippen LogP contribution is 2.23. The zero-order valence-corrected chi connectivity index (χ0v) is 9.22. The Kier molecular flexibility index (Phi) is 2.36. The lowest BCUT2D eigenvalue weighted by Gasteiger charge is -2.28. The van der Waals surface area contributed by atoms with E-state index in [4.69, 9.17) is 0 Å². The van der Waals surface area contributed by atoms with Crippen molar-refractivity contribution in [2.75, 3.05) is 0 Å². The topological polar surface area (TPSA) is 75.2 Å². The van der Waals surface area contributed by atoms with Crippen LogP contribution in [0.2, 0.25) is 0 Å². The lowest BCUT2D eigenvalue weighted by atomic mass is 10.1. The number of carbonyl (C=O) groups excluding carboxylic acids is 2. The fourth-order valence-corrected chi connectivity index (χ4v) is 2.35. The molecule has 0 aromatic carbocycles. The second kappa shape index (κ2) is 3.89. The van der Waals surface area contributed by atoms with E-state index < -0.39 is 0 Å². The SMILES string of the molecule is O=C1CCC(N2Cc3nccnc3C2)C(=O)N1. The highest BCUT2D eigenvalue weighted by molar-refractivity contribution is 6.00. The average molecular weight is 232 g/mol. The van der Waals surface area contributed by atoms with Crippen LogP contribution in [0.3, 0.4) is 0 Å². The van der Waals surface area contributed by atoms with Gasteiger partial charge in [0.05, 0.1) is 17.4 Å². The average Bonchev–Trinajstić information content (AvgIpc) is 2.72. The number of rotatable bonds is 1. The maximum atomic E-state index is 11.7. The molecule has 17 heavy (non-hydrogen) atoms. The highest BCUT2D eigenvalue weighted by atomic mass is 16.2. The number of imide groups is 1. The summed E-state index contributed by atoms with van der Waals surface area (Å²) in [5.74, 6) is -0.381. The largest absolute Gasteiger partial charge is 0.295 e. The molecule has 3 rings (SSSR count). The molecule has 2 amide bonds. The van der Waals surface area contributed by atoms with Crippen LogP contribution in [0, 0.1) is 0 Å². The number of hydrogen-bond acceptors (Lipinski definition) is 5. The Bertz CT molecular complexity index is 463. The molecule has 2 aliphatic heterocycles. The van der Waals surface area contributed by atoms with E-state index in [1.807, 2.05) is 4.90 Å². The zero-order chi connectivity index (χ0) is 11.8. The molecule has 0 saturated carbocycles. The van der Waals surface area contributed by atoms with Gasteiger partial charge < -0.3 is 0 Å². The molecule has 0 spiro atoms. The molecule has 6 heteroatoms. The third-order valence-electron chi connectivity index (χ3n) is 3.22. The van der Waals surface area contributed by atoms with Gasteiger partial charge in [-0.1, -0.05) is 0 Å². The summed E-state index contributed by atoms with van der Waals surface area (Å²) in [6, 6.07) is -0.233. The summed E-state index contributed by atoms with van der Waals surface area (Å²) in [4.78, 5) is 33.3. The predicted molar refractivity (Wildman–Crippen MR) is 57.5 cm³/mol. The van der Waals surface area contributed by atoms with Gasteiger partial charge in [-0.3, -0.25) is 29.8 Å². The van der Waals surface area contributed by atoms with E-state index in [9.17, 15) is 9.59 Å². The standard InChI is InChI=1S/C11H12N4O2/c16-10-2-1-9(11(17)14-10)15-5-7-8(6-15)13-4-3-12-7/h3-4,9H,1-2,5-6H2,(H,14,16,17). The maximum Gasteiger partial charge on any atom is 0.243 e. The highest BCUT2D eigenvalue weighted by Gasteiger charge is 2.35. The fourth-order valence-electron chi connectivity index (χ4n) is 2.35. The summed E-state index contributed by atoms with van der Waals surface area (Å²) in [5, 5.41) is 2.37. The van der Waals surface area contributed by atoms with Crippen LogP contribution < -0.4 is 5.32 Å². The van der Waals surface area contributed by atoms with E-state index in [-0.39, 0.29) is 17.9 Å². The molecule has 1 fully saturated rings. The van der Waals surface area contributed by atoms with E-state index >= 15 is 0 Å². The van der Waals surface area contributed by atoms with Gasteiger partial charge in [0.25, 0.3) is 0 Å². The second-order valence-corrected chi connectivity index (χ2v) is 4.32. The Balaban J connectivity index is 1.76. The van der Waals surface area contributed by atoms with E-state index in [0.29, 0.717) is 25.9 Å². The van der Waals surface area contributed by atoms with Crippen molar-refractivity contribution >= 4 is 11.8 Å². The third-order valence-corrected chi connectivity index (χ3v) is 3.22. The summed E-state index contributed by atoms with van der Waals surface area (Å²) < 4.78 is 0. The van der Waals surface area contributed by atoms with Crippen molar-refractivity contribution in [1.29, 1.82) is 0 Å². The molecular weight excluding hydrogens is 220 g/mol. The van der Waals surface area contributed by atoms with Crippen LogP contribution in [0.4, 0.5) is 0 Å². The lowest BCUT2D eigenvalue weighted by Crippen LogP contribution is -2.50. The molecule has 1 aromatic heterocycles. The van der Waals surface area contributed by atoms with Gasteiger partial charge in [0.2, 0.25) is 11.8 Å². The van der Waals surface area contributed by atoms with Gasteiger partial charge in [-0.25, -0.2) is 0 Å². The molecule has 0 bridgehead atoms. The number of aromatic nitrogens is 2. The van der Waals surface area contributed by atoms with Gasteiger partial charge in [-0.15, -0.1) is 0 Å². The molecule has 1 atom stereocenters. The van der Waals surface area contributed by atoms with Gasteiger partial charge in [-0.05, 0) is 6.42 Å². The van der Waals surface area contributed by atoms with Gasteiger partial charge >= 0.3 is 0 Å². The number of fused-ring (bicyclic) bond motifs is 1. The van der Waals surface area contributed by atoms with Crippen LogP contribution in [-0.2, 0) is 22.7 Å². The van der Waals surface area contributed by atoms with Gasteiger partial charge in [0, 0.05) is 31.9 Å². The van der Waals surface area contributed by atoms with E-state index in [2.05, 4.69) is 15.3 Å². The molecule has 0 aliphatic carbocycles. The van der Waals surface area contributed by atoms with Crippen molar-refractivity contribution in [2.45, 2.75) is 32.0 Å². The van der Waals surface area contributed by atoms with Crippen LogP contribution in [0.25, 0.3) is 0 Å². The number of nitrogens with one attached hydrogen (secondary N) is 1. The van der Waals surface area contributed by atoms with Crippen LogP contribution in [0.5, 0.6) is 0 Å². The Morgan fingerprint density at radius 2 is 1.82 bits per heavy atom. The molecule has 2 aliphatic rings. The molecule has 1 unspecified atom stereocenters. The molecule has 1 N–H and O–H groups in total. The minimum Gasteiger partial charge on any atom is -0.295 e. The number of hydrogen-bond donors (Lipinski definition) is 1. The number of amides is 2. The summed E-state index contributed by atoms with van der Waals surface area (Å²) in [7, 11) is 0. The predicted octanol–water partition coefficient (Wildman–Crippen LogP) is -0.403. The molecule has 3 heterocycles. The second-order valence-electron chi connectivity index (χ2n) is 4.32. The number of carbonyl (C=O) groups is 2. The van der Waals surface area contributed by atoms with Crippen LogP contribution in [0.1, 0.15) is 24.2 Å². The summed E-state index contributed by atoms with van der Waals surface area (Å²) >= 11 is 0. The number of piperidine rings is 1. The van der Waals surface area contributed by atoms with Crippen molar-refractivity contribution < 1.29 is 9.59 Å². The quantitative estimate of drug-likeness (QED) is 0.667. The molecule has 88 valence electrons. The van der Waals surface area contributed by atoms with Crippen molar-refractivity contribution in [2.24, 2.45) is 0 Å². The Morgan fingerprint density at radius 1 is 1.18 bits per heavy atom. The Hall–Kier alpha value is -1.82. The first kappa shape index (κ1) is 10.3. The molecule has 1 saturated heterocycles. The molecular formula is C11H12N4O2. The fraction of sp³-hybridized carbons (Fsp3) is 0.455. The van der Waals surface area contributed by atoms with E-state index in [1.165, 1.54) is 0 Å². The Morgan fingerprint density at radius 3 is 2.41 bits per heavy atom. The van der Waals surface area contributed by atoms with Crippen molar-refractivity contribution in [1.82, 2.24) is 20.2 Å². The monoisotopic (exact) mass is 232 g/mol. The minimum atomic E-state index is -0.233. The normalized spacial score (nSPS) is 24.6. The Labute approximate surface area is 98.0 Å². The lowest BCUT2D eigenvalue weighted by molar-refractivity contribution is -0.137. The maximum absolute atomic E-state index is 11.7. The van der Waals surface area contributed by atoms with E-state index in [0.717, 1.165) is 11.4 Å². The van der Waals surface area contributed by atoms with Gasteiger partial charge in [0.15, 0.2) is 0 Å². The summed E-state index contributed by atoms with van der Waals surface area (Å²) in [5.41, 5.74) is 1.86. The molecule has 1 aromatic rings. The smallest absolute Gasteiger partial charge is 0.243 e.